The maximum atomic E-state index is 12.6. The van der Waals surface area contributed by atoms with Crippen molar-refractivity contribution in [2.45, 2.75) is 39.5 Å². The molecule has 0 aliphatic rings. The van der Waals surface area contributed by atoms with Crippen LogP contribution in [-0.4, -0.2) is 35.0 Å². The Kier molecular flexibility index (Phi) is 12.4. The van der Waals surface area contributed by atoms with Gasteiger partial charge in [0.05, 0.1) is 0 Å². The van der Waals surface area contributed by atoms with Crippen molar-refractivity contribution < 1.29 is 24.5 Å². The van der Waals surface area contributed by atoms with Gasteiger partial charge in [-0.1, -0.05) is 12.1 Å². The van der Waals surface area contributed by atoms with E-state index >= 15 is 0 Å². The maximum absolute atomic E-state index is 12.6. The molecule has 0 amide bonds. The average Bonchev–Trinajstić information content (AvgIpc) is 3.86. The molecule has 0 fully saturated rings. The minimum absolute atomic E-state index is 0. The molecule has 0 N–H and O–H groups in total. The summed E-state index contributed by atoms with van der Waals surface area (Å²) in [6.07, 6.45) is 1.70. The number of rotatable bonds is 7. The molecular formula is C54H42FIrN3Te-2. The fourth-order valence-electron chi connectivity index (χ4n) is 7.84. The van der Waals surface area contributed by atoms with E-state index in [1.54, 1.807) is 12.3 Å². The van der Waals surface area contributed by atoms with Gasteiger partial charge >= 0.3 is 282 Å². The van der Waals surface area contributed by atoms with Crippen molar-refractivity contribution in [3.8, 4) is 50.6 Å². The first-order valence-electron chi connectivity index (χ1n) is 20.1. The fraction of sp³-hybridized carbons (Fsp3) is 0.111. The summed E-state index contributed by atoms with van der Waals surface area (Å²) >= 11 is -0.663. The molecule has 10 rings (SSSR count). The number of para-hydroxylation sites is 2. The van der Waals surface area contributed by atoms with Crippen LogP contribution in [0.4, 0.5) is 4.39 Å². The van der Waals surface area contributed by atoms with Gasteiger partial charge in [0.2, 0.25) is 0 Å². The van der Waals surface area contributed by atoms with Gasteiger partial charge < -0.3 is 4.98 Å². The van der Waals surface area contributed by atoms with Crippen LogP contribution in [0.15, 0.2) is 170 Å². The average molecular weight is 1070 g/mol. The molecule has 0 unspecified atom stereocenters. The molecule has 0 atom stereocenters. The van der Waals surface area contributed by atoms with Gasteiger partial charge in [0, 0.05) is 32.1 Å². The topological polar surface area (TPSA) is 30.7 Å². The summed E-state index contributed by atoms with van der Waals surface area (Å²) in [6.45, 7) is 9.26. The van der Waals surface area contributed by atoms with Crippen LogP contribution in [0.2, 0.25) is 0 Å². The SMILES string of the molecule is CC(C)c1cc(-c2ccccc2)cc(C(C)C)c1-n1c(-c2[c-]ccc3c2[te]c2cc(-c4ccccc4)ccc23)nc2ccccc21.Fc1c[c-]c(-c2ccccn2)cc1.[Ir]. The number of fused-ring (bicyclic) bond motifs is 4. The van der Waals surface area contributed by atoms with E-state index < -0.39 is 20.4 Å². The van der Waals surface area contributed by atoms with Gasteiger partial charge in [-0.25, -0.2) is 0 Å². The summed E-state index contributed by atoms with van der Waals surface area (Å²) in [6, 6.07) is 62.9. The number of aromatic nitrogens is 3. The largest absolute Gasteiger partial charge is 0.305 e. The summed E-state index contributed by atoms with van der Waals surface area (Å²) in [4.78, 5) is 9.52. The number of halogens is 1. The quantitative estimate of drug-likeness (QED) is 0.118. The molecule has 3 heterocycles. The Labute approximate surface area is 374 Å². The van der Waals surface area contributed by atoms with E-state index in [1.807, 2.05) is 18.2 Å². The zero-order valence-electron chi connectivity index (χ0n) is 33.8. The third-order valence-corrected chi connectivity index (χ3v) is 14.2. The summed E-state index contributed by atoms with van der Waals surface area (Å²) in [5.41, 5.74) is 13.9. The molecule has 0 aliphatic heterocycles. The summed E-state index contributed by atoms with van der Waals surface area (Å²) < 4.78 is 17.9. The molecule has 0 spiro atoms. The van der Waals surface area contributed by atoms with Crippen molar-refractivity contribution in [2.75, 3.05) is 0 Å². The van der Waals surface area contributed by atoms with E-state index in [4.69, 9.17) is 4.98 Å². The van der Waals surface area contributed by atoms with Crippen molar-refractivity contribution in [3.63, 3.8) is 0 Å². The molecular weight excluding hydrogens is 1030 g/mol. The molecule has 297 valence electrons. The van der Waals surface area contributed by atoms with E-state index in [0.29, 0.717) is 11.8 Å². The second-order valence-electron chi connectivity index (χ2n) is 15.3. The van der Waals surface area contributed by atoms with E-state index in [9.17, 15) is 4.39 Å². The van der Waals surface area contributed by atoms with Gasteiger partial charge in [-0.05, 0) is 11.8 Å². The van der Waals surface area contributed by atoms with E-state index in [1.165, 1.54) is 68.8 Å². The molecule has 0 saturated carbocycles. The van der Waals surface area contributed by atoms with Crippen LogP contribution in [0.25, 0.3) is 79.2 Å². The molecule has 3 aromatic heterocycles. The first-order chi connectivity index (χ1) is 28.8. The number of imidazole rings is 1. The zero-order chi connectivity index (χ0) is 40.5. The molecule has 0 aliphatic carbocycles. The second-order valence-corrected chi connectivity index (χ2v) is 18.4. The monoisotopic (exact) mass is 1070 g/mol. The Hall–Kier alpha value is -5.47. The standard InChI is InChI=1S/C43H35N2Te.C11H7FN.Ir/c1-27(2)36-24-32(30-16-9-6-10-17-30)25-37(28(3)4)41(36)45-39-21-12-11-20-38(39)44-43(45)35-19-13-18-34-33-23-22-31(26-40(33)46-42(34)35)29-14-7-5-8-15-29;12-10-6-4-9(5-7-10)11-3-1-2-8-13-11;/h5-18,20-28H,1-4H3;1-4,6-8H;/q2*-1;. The van der Waals surface area contributed by atoms with Crippen molar-refractivity contribution in [1.82, 2.24) is 14.5 Å². The smallest absolute Gasteiger partial charge is 0.0379 e. The molecule has 0 saturated heterocycles. The van der Waals surface area contributed by atoms with Gasteiger partial charge in [0.1, 0.15) is 0 Å². The van der Waals surface area contributed by atoms with E-state index in [-0.39, 0.29) is 25.9 Å². The third-order valence-electron chi connectivity index (χ3n) is 10.8. The Morgan fingerprint density at radius 2 is 1.28 bits per heavy atom. The number of hydrogen-bond donors (Lipinski definition) is 0. The van der Waals surface area contributed by atoms with E-state index in [0.717, 1.165) is 33.7 Å². The van der Waals surface area contributed by atoms with Crippen molar-refractivity contribution in [1.29, 1.82) is 0 Å². The van der Waals surface area contributed by atoms with Crippen LogP contribution < -0.4 is 0 Å². The van der Waals surface area contributed by atoms with E-state index in [2.05, 4.69) is 177 Å². The van der Waals surface area contributed by atoms with Crippen molar-refractivity contribution in [2.24, 2.45) is 0 Å². The van der Waals surface area contributed by atoms with Crippen LogP contribution in [0, 0.1) is 17.9 Å². The van der Waals surface area contributed by atoms with Crippen LogP contribution in [0.5, 0.6) is 0 Å². The Morgan fingerprint density at radius 1 is 0.617 bits per heavy atom. The van der Waals surface area contributed by atoms with Crippen LogP contribution in [-0.2, 0) is 20.1 Å². The van der Waals surface area contributed by atoms with Gasteiger partial charge in [-0.15, -0.1) is 29.8 Å². The minimum Gasteiger partial charge on any atom is -0.305 e. The first kappa shape index (κ1) is 41.3. The number of benzene rings is 7. The first-order valence-corrected chi connectivity index (χ1v) is 22.4. The predicted octanol–water partition coefficient (Wildman–Crippen LogP) is 14.1. The summed E-state index contributed by atoms with van der Waals surface area (Å²) in [5.74, 6) is 1.37. The van der Waals surface area contributed by atoms with Gasteiger partial charge in [-0.3, -0.25) is 4.39 Å². The van der Waals surface area contributed by atoms with Crippen molar-refractivity contribution >= 4 is 49.0 Å². The predicted molar refractivity (Wildman–Crippen MR) is 245 cm³/mol. The number of hydrogen-bond acceptors (Lipinski definition) is 2. The van der Waals surface area contributed by atoms with Crippen molar-refractivity contribution in [3.05, 3.63) is 199 Å². The van der Waals surface area contributed by atoms with Gasteiger partial charge in [0.25, 0.3) is 0 Å². The molecule has 60 heavy (non-hydrogen) atoms. The molecule has 0 bridgehead atoms. The zero-order valence-corrected chi connectivity index (χ0v) is 38.5. The van der Waals surface area contributed by atoms with Crippen LogP contribution in [0.1, 0.15) is 50.7 Å². The van der Waals surface area contributed by atoms with Crippen LogP contribution in [0.3, 0.4) is 0 Å². The van der Waals surface area contributed by atoms with Gasteiger partial charge in [-0.2, -0.15) is 0 Å². The summed E-state index contributed by atoms with van der Waals surface area (Å²) in [7, 11) is 0. The third kappa shape index (κ3) is 8.19. The fourth-order valence-corrected chi connectivity index (χ4v) is 11.4. The minimum atomic E-state index is -0.663. The maximum Gasteiger partial charge on any atom is 0.0379 e. The molecule has 6 heteroatoms. The molecule has 10 aromatic rings. The second kappa shape index (κ2) is 18.0. The van der Waals surface area contributed by atoms with Crippen LogP contribution >= 0.6 is 0 Å². The van der Waals surface area contributed by atoms with Gasteiger partial charge in [0.15, 0.2) is 0 Å². The number of pyridine rings is 1. The Balaban J connectivity index is 0.000000304. The Morgan fingerprint density at radius 3 is 1.93 bits per heavy atom. The molecule has 7 aromatic carbocycles. The Bertz CT molecular complexity index is 3020. The molecule has 3 nitrogen and oxygen atoms in total. The normalized spacial score (nSPS) is 11.2. The summed E-state index contributed by atoms with van der Waals surface area (Å²) in [5, 5.41) is 2.71. The number of nitrogens with zero attached hydrogens (tertiary/aromatic N) is 3. The molecule has 1 radical (unpaired) electrons.